The molecule has 0 fully saturated rings. The molecule has 264 valence electrons. The minimum Gasteiger partial charge on any atom is -0.504 e. The van der Waals surface area contributed by atoms with Gasteiger partial charge in [0.05, 0.1) is 0 Å². The Balaban J connectivity index is 0.00000384. The predicted octanol–water partition coefficient (Wildman–Crippen LogP) is 11.6. The molecule has 2 aliphatic rings. The first-order chi connectivity index (χ1) is 25.8. The molecular formula is C50H39N3Pt. The number of aromatic nitrogens is 1. The molecule has 4 heteroatoms. The molecule has 0 bridgehead atoms. The van der Waals surface area contributed by atoms with Gasteiger partial charge in [0, 0.05) is 28.9 Å². The number of hydrogen-bond donors (Lipinski definition) is 0. The van der Waals surface area contributed by atoms with E-state index in [0.717, 1.165) is 34.6 Å². The molecule has 0 spiro atoms. The summed E-state index contributed by atoms with van der Waals surface area (Å²) in [6.45, 7) is 9.85. The number of nitrogens with zero attached hydrogens (tertiary/aromatic N) is 3. The molecule has 1 aliphatic carbocycles. The Morgan fingerprint density at radius 3 is 2.04 bits per heavy atom. The average molecular weight is 877 g/mol. The number of para-hydroxylation sites is 3. The average Bonchev–Trinajstić information content (AvgIpc) is 3.80. The van der Waals surface area contributed by atoms with Crippen LogP contribution in [0.1, 0.15) is 54.2 Å². The SMILES string of the molecule is CN1[CH-]N(c2[c-]c(C3(c4[c-]cc5c(c4)c4ccccc4n5Cc4[c-]cccc4)c4ccccc4-c4ccccc43)cc(C(C)(C)C)c2)c2ccccc21.[Pt+4]. The van der Waals surface area contributed by atoms with Crippen molar-refractivity contribution in [3.63, 3.8) is 0 Å². The third kappa shape index (κ3) is 5.13. The van der Waals surface area contributed by atoms with Gasteiger partial charge in [-0.1, -0.05) is 105 Å². The number of hydrogen-bond acceptors (Lipinski definition) is 2. The van der Waals surface area contributed by atoms with Crippen molar-refractivity contribution in [2.75, 3.05) is 16.8 Å². The Hall–Kier alpha value is -5.37. The molecule has 54 heavy (non-hydrogen) atoms. The smallest absolute Gasteiger partial charge is 0.504 e. The summed E-state index contributed by atoms with van der Waals surface area (Å²) >= 11 is 0. The van der Waals surface area contributed by atoms with Crippen LogP contribution in [0.3, 0.4) is 0 Å². The topological polar surface area (TPSA) is 11.4 Å². The normalized spacial score (nSPS) is 14.2. The van der Waals surface area contributed by atoms with Crippen LogP contribution in [-0.2, 0) is 38.4 Å². The van der Waals surface area contributed by atoms with Crippen molar-refractivity contribution in [1.29, 1.82) is 0 Å². The number of benzene rings is 7. The van der Waals surface area contributed by atoms with Crippen molar-refractivity contribution in [2.24, 2.45) is 0 Å². The fourth-order valence-electron chi connectivity index (χ4n) is 8.81. The summed E-state index contributed by atoms with van der Waals surface area (Å²) in [4.78, 5) is 4.50. The van der Waals surface area contributed by atoms with Crippen LogP contribution in [0.2, 0.25) is 0 Å². The van der Waals surface area contributed by atoms with Gasteiger partial charge in [0.2, 0.25) is 0 Å². The molecule has 3 nitrogen and oxygen atoms in total. The maximum absolute atomic E-state index is 4.09. The Bertz CT molecular complexity index is 2650. The van der Waals surface area contributed by atoms with Crippen LogP contribution in [0.15, 0.2) is 146 Å². The van der Waals surface area contributed by atoms with Gasteiger partial charge >= 0.3 is 21.1 Å². The largest absolute Gasteiger partial charge is 4.00 e. The summed E-state index contributed by atoms with van der Waals surface area (Å²) in [5.74, 6) is 0. The maximum atomic E-state index is 4.09. The van der Waals surface area contributed by atoms with Crippen LogP contribution in [0.5, 0.6) is 0 Å². The van der Waals surface area contributed by atoms with Crippen LogP contribution in [-0.4, -0.2) is 11.6 Å². The second-order valence-electron chi connectivity index (χ2n) is 15.5. The van der Waals surface area contributed by atoms with Crippen LogP contribution in [0.25, 0.3) is 32.9 Å². The third-order valence-electron chi connectivity index (χ3n) is 11.4. The Morgan fingerprint density at radius 2 is 1.31 bits per heavy atom. The van der Waals surface area contributed by atoms with E-state index in [9.17, 15) is 0 Å². The Morgan fingerprint density at radius 1 is 0.648 bits per heavy atom. The second kappa shape index (κ2) is 12.9. The van der Waals surface area contributed by atoms with Crippen molar-refractivity contribution in [2.45, 2.75) is 38.1 Å². The van der Waals surface area contributed by atoms with Gasteiger partial charge in [-0.2, -0.15) is 72.9 Å². The molecular weight excluding hydrogens is 838 g/mol. The van der Waals surface area contributed by atoms with E-state index in [2.05, 4.69) is 201 Å². The van der Waals surface area contributed by atoms with Crippen molar-refractivity contribution in [3.05, 3.63) is 204 Å². The summed E-state index contributed by atoms with van der Waals surface area (Å²) in [7, 11) is 2.12. The summed E-state index contributed by atoms with van der Waals surface area (Å²) < 4.78 is 2.42. The minimum atomic E-state index is -0.668. The molecule has 8 aromatic rings. The maximum Gasteiger partial charge on any atom is 4.00 e. The Labute approximate surface area is 332 Å². The van der Waals surface area contributed by atoms with Gasteiger partial charge < -0.3 is 14.4 Å². The van der Waals surface area contributed by atoms with E-state index in [4.69, 9.17) is 0 Å². The molecule has 1 aliphatic heterocycles. The van der Waals surface area contributed by atoms with Gasteiger partial charge in [-0.25, -0.2) is 0 Å². The third-order valence-corrected chi connectivity index (χ3v) is 11.4. The zero-order valence-electron chi connectivity index (χ0n) is 30.8. The molecule has 2 heterocycles. The fraction of sp³-hybridized carbons (Fsp3) is 0.140. The molecule has 0 unspecified atom stereocenters. The molecule has 0 N–H and O–H groups in total. The molecule has 0 radical (unpaired) electrons. The van der Waals surface area contributed by atoms with E-state index >= 15 is 0 Å². The number of fused-ring (bicyclic) bond motifs is 7. The van der Waals surface area contributed by atoms with E-state index in [0.29, 0.717) is 0 Å². The summed E-state index contributed by atoms with van der Waals surface area (Å²) in [6.07, 6.45) is 0. The molecule has 7 aromatic carbocycles. The van der Waals surface area contributed by atoms with Crippen LogP contribution < -0.4 is 9.80 Å². The quantitative estimate of drug-likeness (QED) is 0.160. The van der Waals surface area contributed by atoms with Gasteiger partial charge in [0.25, 0.3) is 0 Å². The molecule has 10 rings (SSSR count). The van der Waals surface area contributed by atoms with E-state index in [1.807, 2.05) is 12.1 Å². The molecule has 0 amide bonds. The van der Waals surface area contributed by atoms with Gasteiger partial charge in [-0.05, 0) is 58.3 Å². The zero-order valence-corrected chi connectivity index (χ0v) is 33.1. The molecule has 1 aromatic heterocycles. The van der Waals surface area contributed by atoms with Crippen LogP contribution in [0.4, 0.5) is 17.1 Å². The summed E-state index contributed by atoms with van der Waals surface area (Å²) in [5.41, 5.74) is 14.7. The van der Waals surface area contributed by atoms with Gasteiger partial charge in [0.15, 0.2) is 0 Å². The van der Waals surface area contributed by atoms with Gasteiger partial charge in [-0.3, -0.25) is 0 Å². The van der Waals surface area contributed by atoms with E-state index in [1.54, 1.807) is 0 Å². The molecule has 0 saturated heterocycles. The van der Waals surface area contributed by atoms with Gasteiger partial charge in [-0.15, -0.1) is 33.8 Å². The van der Waals surface area contributed by atoms with Gasteiger partial charge in [0.1, 0.15) is 0 Å². The molecule has 0 saturated carbocycles. The van der Waals surface area contributed by atoms with Crippen molar-refractivity contribution in [1.82, 2.24) is 4.57 Å². The monoisotopic (exact) mass is 876 g/mol. The van der Waals surface area contributed by atoms with Crippen LogP contribution in [0, 0.1) is 24.9 Å². The first-order valence-corrected chi connectivity index (χ1v) is 18.4. The van der Waals surface area contributed by atoms with Crippen LogP contribution >= 0.6 is 0 Å². The first-order valence-electron chi connectivity index (χ1n) is 18.4. The summed E-state index contributed by atoms with van der Waals surface area (Å²) in [5, 5.41) is 2.46. The predicted molar refractivity (Wildman–Crippen MR) is 219 cm³/mol. The minimum absolute atomic E-state index is 0. The zero-order chi connectivity index (χ0) is 35.9. The Kier molecular flexibility index (Phi) is 8.21. The van der Waals surface area contributed by atoms with Crippen molar-refractivity contribution in [3.8, 4) is 11.1 Å². The van der Waals surface area contributed by atoms with Crippen molar-refractivity contribution < 1.29 is 21.1 Å². The second-order valence-corrected chi connectivity index (χ2v) is 15.5. The molecule has 0 atom stereocenters. The van der Waals surface area contributed by atoms with Crippen molar-refractivity contribution >= 4 is 38.9 Å². The fourth-order valence-corrected chi connectivity index (χ4v) is 8.81. The number of rotatable bonds is 5. The van der Waals surface area contributed by atoms with E-state index in [1.165, 1.54) is 55.3 Å². The summed E-state index contributed by atoms with van der Waals surface area (Å²) in [6, 6.07) is 64.5. The first kappa shape index (κ1) is 34.4. The van der Waals surface area contributed by atoms with E-state index in [-0.39, 0.29) is 26.5 Å². The van der Waals surface area contributed by atoms with E-state index < -0.39 is 5.41 Å². The number of anilines is 3. The standard InChI is InChI=1S/C50H39N3.Pt/c1-49(2,3)36-28-37(30-38(29-36)53-33-51(4)47-24-14-15-25-48(47)53)50(43-21-11-8-18-39(43)40-19-9-12-22-44(40)50)35-26-27-46-42(31-35)41-20-10-13-23-45(41)52(46)32-34-16-6-5-7-17-34;/h5-16,18-25,27-29,31,33H,32H2,1-4H3;/q-4;+4.